The van der Waals surface area contributed by atoms with Crippen molar-refractivity contribution in [3.8, 4) is 22.1 Å². The third kappa shape index (κ3) is 3.14. The van der Waals surface area contributed by atoms with Gasteiger partial charge in [-0.25, -0.2) is 17.8 Å². The fraction of sp³-hybridized carbons (Fsp3) is 0. The second-order valence-corrected chi connectivity index (χ2v) is 7.89. The van der Waals surface area contributed by atoms with Gasteiger partial charge in [0.25, 0.3) is 10.0 Å². The molecule has 0 bridgehead atoms. The smallest absolute Gasteiger partial charge is 0.263 e. The molecule has 0 radical (unpaired) electrons. The average molecular weight is 390 g/mol. The SMILES string of the molecule is O=S(=O)(Nc1nc(-c2ccco2)c(-c2ccco2)s1)c1ccc(F)cc1. The van der Waals surface area contributed by atoms with Crippen molar-refractivity contribution in [1.29, 1.82) is 0 Å². The molecule has 0 saturated heterocycles. The van der Waals surface area contributed by atoms with Crippen LogP contribution in [0.25, 0.3) is 22.1 Å². The molecule has 0 atom stereocenters. The number of nitrogens with zero attached hydrogens (tertiary/aromatic N) is 1. The van der Waals surface area contributed by atoms with Crippen molar-refractivity contribution < 1.29 is 21.6 Å². The molecule has 132 valence electrons. The lowest BCUT2D eigenvalue weighted by Gasteiger charge is -2.04. The second kappa shape index (κ2) is 6.43. The first-order valence-electron chi connectivity index (χ1n) is 7.40. The van der Waals surface area contributed by atoms with E-state index in [2.05, 4.69) is 9.71 Å². The van der Waals surface area contributed by atoms with E-state index in [0.29, 0.717) is 22.1 Å². The van der Waals surface area contributed by atoms with Crippen LogP contribution in [0.2, 0.25) is 0 Å². The van der Waals surface area contributed by atoms with E-state index in [1.165, 1.54) is 24.7 Å². The third-order valence-electron chi connectivity index (χ3n) is 3.47. The molecule has 3 heterocycles. The minimum Gasteiger partial charge on any atom is -0.463 e. The van der Waals surface area contributed by atoms with Crippen LogP contribution in [0.5, 0.6) is 0 Å². The van der Waals surface area contributed by atoms with Crippen LogP contribution in [0, 0.1) is 5.82 Å². The number of hydrogen-bond donors (Lipinski definition) is 1. The molecule has 0 aliphatic heterocycles. The Kier molecular flexibility index (Phi) is 4.09. The molecule has 3 aromatic heterocycles. The Morgan fingerprint density at radius 2 is 1.62 bits per heavy atom. The first-order chi connectivity index (χ1) is 12.5. The van der Waals surface area contributed by atoms with E-state index in [1.807, 2.05) is 0 Å². The van der Waals surface area contributed by atoms with Crippen LogP contribution in [0.15, 0.2) is 74.8 Å². The maximum absolute atomic E-state index is 13.0. The average Bonchev–Trinajstić information content (AvgIpc) is 3.36. The molecule has 0 spiro atoms. The molecule has 0 saturated carbocycles. The summed E-state index contributed by atoms with van der Waals surface area (Å²) in [5.41, 5.74) is 0.465. The highest BCUT2D eigenvalue weighted by molar-refractivity contribution is 7.93. The van der Waals surface area contributed by atoms with Gasteiger partial charge >= 0.3 is 0 Å². The number of thiazole rings is 1. The highest BCUT2D eigenvalue weighted by atomic mass is 32.2. The number of sulfonamides is 1. The summed E-state index contributed by atoms with van der Waals surface area (Å²) in [5.74, 6) is 0.513. The quantitative estimate of drug-likeness (QED) is 0.538. The molecule has 4 aromatic rings. The summed E-state index contributed by atoms with van der Waals surface area (Å²) in [5, 5.41) is 0.145. The Labute approximate surface area is 152 Å². The Morgan fingerprint density at radius 3 is 2.23 bits per heavy atom. The van der Waals surface area contributed by atoms with E-state index in [0.717, 1.165) is 23.5 Å². The van der Waals surface area contributed by atoms with Crippen molar-refractivity contribution in [3.63, 3.8) is 0 Å². The molecule has 6 nitrogen and oxygen atoms in total. The van der Waals surface area contributed by atoms with Gasteiger partial charge in [0.15, 0.2) is 10.9 Å². The standard InChI is InChI=1S/C17H11FN2O4S2/c18-11-5-7-12(8-6-11)26(21,22)20-17-19-15(13-3-1-9-23-13)16(25-17)14-4-2-10-24-14/h1-10H,(H,19,20). The van der Waals surface area contributed by atoms with E-state index >= 15 is 0 Å². The summed E-state index contributed by atoms with van der Waals surface area (Å²) in [6.45, 7) is 0. The molecule has 0 fully saturated rings. The van der Waals surface area contributed by atoms with Gasteiger partial charge in [-0.15, -0.1) is 0 Å². The molecule has 4 rings (SSSR count). The third-order valence-corrected chi connectivity index (χ3v) is 5.94. The van der Waals surface area contributed by atoms with Crippen molar-refractivity contribution in [3.05, 3.63) is 66.9 Å². The summed E-state index contributed by atoms with van der Waals surface area (Å²) >= 11 is 1.11. The number of aromatic nitrogens is 1. The zero-order valence-electron chi connectivity index (χ0n) is 13.0. The van der Waals surface area contributed by atoms with E-state index in [4.69, 9.17) is 8.83 Å². The lowest BCUT2D eigenvalue weighted by Crippen LogP contribution is -2.12. The van der Waals surface area contributed by atoms with Crippen LogP contribution in [-0.2, 0) is 10.0 Å². The van der Waals surface area contributed by atoms with E-state index in [1.54, 1.807) is 24.3 Å². The highest BCUT2D eigenvalue weighted by Crippen LogP contribution is 2.39. The van der Waals surface area contributed by atoms with Crippen molar-refractivity contribution in [2.75, 3.05) is 4.72 Å². The van der Waals surface area contributed by atoms with Gasteiger partial charge in [0.05, 0.1) is 17.4 Å². The number of anilines is 1. The van der Waals surface area contributed by atoms with Crippen LogP contribution in [0.1, 0.15) is 0 Å². The lowest BCUT2D eigenvalue weighted by atomic mass is 10.2. The lowest BCUT2D eigenvalue weighted by molar-refractivity contribution is 0.575. The highest BCUT2D eigenvalue weighted by Gasteiger charge is 2.22. The maximum atomic E-state index is 13.0. The van der Waals surface area contributed by atoms with Crippen LogP contribution >= 0.6 is 11.3 Å². The summed E-state index contributed by atoms with van der Waals surface area (Å²) in [4.78, 5) is 4.90. The number of nitrogens with one attached hydrogen (secondary N) is 1. The Bertz CT molecular complexity index is 1060. The van der Waals surface area contributed by atoms with Gasteiger partial charge in [0, 0.05) is 0 Å². The van der Waals surface area contributed by atoms with Crippen LogP contribution < -0.4 is 4.72 Å². The topological polar surface area (TPSA) is 85.3 Å². The Hall–Kier alpha value is -2.91. The fourth-order valence-corrected chi connectivity index (χ4v) is 4.48. The zero-order chi connectivity index (χ0) is 18.1. The summed E-state index contributed by atoms with van der Waals surface area (Å²) < 4.78 is 51.2. The molecule has 0 unspecified atom stereocenters. The Balaban J connectivity index is 1.74. The van der Waals surface area contributed by atoms with Gasteiger partial charge in [0.1, 0.15) is 22.1 Å². The number of rotatable bonds is 5. The second-order valence-electron chi connectivity index (χ2n) is 5.21. The maximum Gasteiger partial charge on any atom is 0.263 e. The van der Waals surface area contributed by atoms with Crippen molar-refractivity contribution in [1.82, 2.24) is 4.98 Å². The van der Waals surface area contributed by atoms with Gasteiger partial charge in [-0.05, 0) is 48.5 Å². The van der Waals surface area contributed by atoms with E-state index < -0.39 is 15.8 Å². The minimum atomic E-state index is -3.90. The summed E-state index contributed by atoms with van der Waals surface area (Å²) in [6, 6.07) is 11.4. The van der Waals surface area contributed by atoms with Crippen LogP contribution in [0.3, 0.4) is 0 Å². The molecule has 9 heteroatoms. The summed E-state index contributed by atoms with van der Waals surface area (Å²) in [6.07, 6.45) is 3.02. The summed E-state index contributed by atoms with van der Waals surface area (Å²) in [7, 11) is -3.90. The molecule has 0 aliphatic carbocycles. The van der Waals surface area contributed by atoms with Gasteiger partial charge in [-0.1, -0.05) is 11.3 Å². The minimum absolute atomic E-state index is 0.0619. The van der Waals surface area contributed by atoms with Gasteiger partial charge in [-0.2, -0.15) is 0 Å². The zero-order valence-corrected chi connectivity index (χ0v) is 14.7. The molecular weight excluding hydrogens is 379 g/mol. The number of hydrogen-bond acceptors (Lipinski definition) is 6. The van der Waals surface area contributed by atoms with Crippen molar-refractivity contribution >= 4 is 26.5 Å². The largest absolute Gasteiger partial charge is 0.463 e. The molecule has 1 aromatic carbocycles. The number of halogens is 1. The van der Waals surface area contributed by atoms with Gasteiger partial charge in [-0.3, -0.25) is 4.72 Å². The fourth-order valence-electron chi connectivity index (χ4n) is 2.31. The predicted molar refractivity (Wildman–Crippen MR) is 94.7 cm³/mol. The van der Waals surface area contributed by atoms with Crippen molar-refractivity contribution in [2.45, 2.75) is 4.90 Å². The predicted octanol–water partition coefficient (Wildman–Crippen LogP) is 4.60. The molecular formula is C17H11FN2O4S2. The van der Waals surface area contributed by atoms with Gasteiger partial charge in [0.2, 0.25) is 0 Å². The normalized spacial score (nSPS) is 11.6. The first kappa shape index (κ1) is 16.6. The first-order valence-corrected chi connectivity index (χ1v) is 9.70. The van der Waals surface area contributed by atoms with E-state index in [-0.39, 0.29) is 10.0 Å². The van der Waals surface area contributed by atoms with Crippen LogP contribution in [0.4, 0.5) is 9.52 Å². The molecule has 26 heavy (non-hydrogen) atoms. The van der Waals surface area contributed by atoms with E-state index in [9.17, 15) is 12.8 Å². The Morgan fingerprint density at radius 1 is 0.962 bits per heavy atom. The number of furan rings is 2. The number of benzene rings is 1. The van der Waals surface area contributed by atoms with Gasteiger partial charge < -0.3 is 8.83 Å². The molecule has 0 amide bonds. The monoisotopic (exact) mass is 390 g/mol. The molecule has 1 N–H and O–H groups in total. The van der Waals surface area contributed by atoms with Crippen LogP contribution in [-0.4, -0.2) is 13.4 Å². The van der Waals surface area contributed by atoms with Crippen molar-refractivity contribution in [2.24, 2.45) is 0 Å². The molecule has 0 aliphatic rings.